The molecule has 1 aromatic heterocycles. The molecule has 2 aromatic carbocycles. The summed E-state index contributed by atoms with van der Waals surface area (Å²) in [6.07, 6.45) is 3.68. The summed E-state index contributed by atoms with van der Waals surface area (Å²) in [4.78, 5) is 15.0. The number of pyridine rings is 1. The van der Waals surface area contributed by atoms with Crippen LogP contribution in [0.1, 0.15) is 11.5 Å². The predicted octanol–water partition coefficient (Wildman–Crippen LogP) is 0.129. The third kappa shape index (κ3) is 5.12. The second-order valence-corrected chi connectivity index (χ2v) is 5.45. The largest absolute Gasteiger partial charge is 0.488 e. The van der Waals surface area contributed by atoms with Crippen molar-refractivity contribution in [2.75, 3.05) is 6.54 Å². The summed E-state index contributed by atoms with van der Waals surface area (Å²) in [5.41, 5.74) is 11.6. The zero-order valence-electron chi connectivity index (χ0n) is 13.6. The zero-order chi connectivity index (χ0) is 18.2. The van der Waals surface area contributed by atoms with Gasteiger partial charge in [-0.25, -0.2) is 0 Å². The second-order valence-electron chi connectivity index (χ2n) is 5.45. The number of carbonyl (C=O) groups excluding carboxylic acids is 1. The normalized spacial score (nSPS) is 11.3. The molecule has 1 unspecified atom stereocenters. The van der Waals surface area contributed by atoms with Crippen LogP contribution in [0.5, 0.6) is 0 Å². The monoisotopic (exact) mass is 337 g/mol. The van der Waals surface area contributed by atoms with Gasteiger partial charge in [-0.05, 0) is 27.9 Å². The Bertz CT molecular complexity index is 760. The van der Waals surface area contributed by atoms with Crippen molar-refractivity contribution in [3.8, 4) is 0 Å². The number of hydrogen-bond acceptors (Lipinski definition) is 5. The Hall–Kier alpha value is -2.74. The minimum absolute atomic E-state index is 0.135. The number of nitrogens with zero attached hydrogens (tertiary/aromatic N) is 1. The van der Waals surface area contributed by atoms with Gasteiger partial charge < -0.3 is 21.5 Å². The molecule has 1 amide bonds. The molecule has 6 nitrogen and oxygen atoms in total. The summed E-state index contributed by atoms with van der Waals surface area (Å²) >= 11 is 0. The van der Waals surface area contributed by atoms with Crippen LogP contribution in [0.4, 0.5) is 0 Å². The highest BCUT2D eigenvalue weighted by Crippen LogP contribution is 2.12. The lowest BCUT2D eigenvalue weighted by molar-refractivity contribution is -0.119. The van der Waals surface area contributed by atoms with E-state index in [0.717, 1.165) is 0 Å². The molecule has 0 fully saturated rings. The highest BCUT2D eigenvalue weighted by atomic mass is 16.4. The molecule has 0 bridgehead atoms. The Morgan fingerprint density at radius 2 is 1.68 bits per heavy atom. The highest BCUT2D eigenvalue weighted by Gasteiger charge is 2.17. The Balaban J connectivity index is 0.000000194. The number of fused-ring (bicyclic) bond motifs is 1. The first kappa shape index (κ1) is 18.6. The van der Waals surface area contributed by atoms with Crippen molar-refractivity contribution < 1.29 is 14.8 Å². The Morgan fingerprint density at radius 1 is 1.04 bits per heavy atom. The summed E-state index contributed by atoms with van der Waals surface area (Å²) in [7, 11) is -1.51. The fourth-order valence-corrected chi connectivity index (χ4v) is 2.34. The topological polar surface area (TPSA) is 122 Å². The number of primary amides is 1. The van der Waals surface area contributed by atoms with Crippen LogP contribution in [0.3, 0.4) is 0 Å². The standard InChI is InChI=1S/C9H13BN2O3.C9H7N/c11-5-8(9(12)13)6-1-3-7(4-2-6)10(14)15;1-2-4-9-7-10-6-5-8(9)3-1/h1-4,8,14-15H,5,11H2,(H2,12,13);1-7H. The average molecular weight is 337 g/mol. The first-order valence-electron chi connectivity index (χ1n) is 7.77. The smallest absolute Gasteiger partial charge is 0.423 e. The SMILES string of the molecule is NCC(C(N)=O)c1ccc(B(O)O)cc1.c1ccc2cnccc2c1. The van der Waals surface area contributed by atoms with Gasteiger partial charge in [0.2, 0.25) is 5.91 Å². The van der Waals surface area contributed by atoms with Crippen LogP contribution in [0, 0.1) is 0 Å². The van der Waals surface area contributed by atoms with E-state index in [-0.39, 0.29) is 6.54 Å². The average Bonchev–Trinajstić information content (AvgIpc) is 2.63. The van der Waals surface area contributed by atoms with Crippen molar-refractivity contribution in [3.63, 3.8) is 0 Å². The van der Waals surface area contributed by atoms with Crippen molar-refractivity contribution in [2.24, 2.45) is 11.5 Å². The summed E-state index contributed by atoms with van der Waals surface area (Å²) in [5.74, 6) is -1.02. The van der Waals surface area contributed by atoms with Gasteiger partial charge in [0.1, 0.15) is 0 Å². The van der Waals surface area contributed by atoms with E-state index in [2.05, 4.69) is 17.1 Å². The van der Waals surface area contributed by atoms with Crippen molar-refractivity contribution in [1.29, 1.82) is 0 Å². The Kier molecular flexibility index (Phi) is 6.65. The minimum Gasteiger partial charge on any atom is -0.423 e. The number of nitrogens with two attached hydrogens (primary N) is 2. The van der Waals surface area contributed by atoms with E-state index in [9.17, 15) is 4.79 Å². The summed E-state index contributed by atoms with van der Waals surface area (Å²) < 4.78 is 0. The van der Waals surface area contributed by atoms with E-state index < -0.39 is 18.9 Å². The summed E-state index contributed by atoms with van der Waals surface area (Å²) in [6.45, 7) is 0.135. The van der Waals surface area contributed by atoms with Crippen LogP contribution in [-0.2, 0) is 4.79 Å². The molecule has 0 aliphatic rings. The molecule has 128 valence electrons. The molecular weight excluding hydrogens is 317 g/mol. The molecule has 0 saturated heterocycles. The van der Waals surface area contributed by atoms with Crippen LogP contribution < -0.4 is 16.9 Å². The van der Waals surface area contributed by atoms with E-state index >= 15 is 0 Å². The van der Waals surface area contributed by atoms with Crippen LogP contribution >= 0.6 is 0 Å². The maximum Gasteiger partial charge on any atom is 0.488 e. The summed E-state index contributed by atoms with van der Waals surface area (Å²) in [6, 6.07) is 16.5. The van der Waals surface area contributed by atoms with Gasteiger partial charge in [0.25, 0.3) is 0 Å². The van der Waals surface area contributed by atoms with Crippen LogP contribution in [0.15, 0.2) is 67.0 Å². The van der Waals surface area contributed by atoms with Gasteiger partial charge in [0, 0.05) is 18.9 Å². The quantitative estimate of drug-likeness (QED) is 0.504. The fraction of sp³-hybridized carbons (Fsp3) is 0.111. The first-order valence-corrected chi connectivity index (χ1v) is 7.77. The lowest BCUT2D eigenvalue weighted by Gasteiger charge is -2.11. The van der Waals surface area contributed by atoms with Crippen LogP contribution in [-0.4, -0.2) is 34.6 Å². The van der Waals surface area contributed by atoms with Gasteiger partial charge in [-0.2, -0.15) is 0 Å². The lowest BCUT2D eigenvalue weighted by Crippen LogP contribution is -2.31. The van der Waals surface area contributed by atoms with Crippen LogP contribution in [0.2, 0.25) is 0 Å². The molecule has 6 N–H and O–H groups in total. The molecule has 3 rings (SSSR count). The lowest BCUT2D eigenvalue weighted by atomic mass is 9.79. The van der Waals surface area contributed by atoms with Crippen molar-refractivity contribution in [2.45, 2.75) is 5.92 Å². The molecule has 3 aromatic rings. The van der Waals surface area contributed by atoms with Gasteiger partial charge in [-0.1, -0.05) is 48.5 Å². The van der Waals surface area contributed by atoms with E-state index in [1.807, 2.05) is 30.6 Å². The molecule has 1 heterocycles. The number of aromatic nitrogens is 1. The first-order chi connectivity index (χ1) is 12.0. The molecule has 0 spiro atoms. The van der Waals surface area contributed by atoms with Crippen LogP contribution in [0.25, 0.3) is 10.8 Å². The minimum atomic E-state index is -1.51. The molecule has 0 saturated carbocycles. The number of benzene rings is 2. The fourth-order valence-electron chi connectivity index (χ4n) is 2.34. The number of rotatable bonds is 4. The predicted molar refractivity (Wildman–Crippen MR) is 99.0 cm³/mol. The number of hydrogen-bond donors (Lipinski definition) is 4. The van der Waals surface area contributed by atoms with Gasteiger partial charge in [-0.15, -0.1) is 0 Å². The Labute approximate surface area is 146 Å². The third-order valence-electron chi connectivity index (χ3n) is 3.77. The molecule has 0 aliphatic carbocycles. The maximum atomic E-state index is 11.0. The summed E-state index contributed by atoms with van der Waals surface area (Å²) in [5, 5.41) is 20.2. The van der Waals surface area contributed by atoms with E-state index in [1.54, 1.807) is 12.1 Å². The van der Waals surface area contributed by atoms with E-state index in [4.69, 9.17) is 21.5 Å². The molecular formula is C18H20BN3O3. The number of carbonyl (C=O) groups is 1. The molecule has 25 heavy (non-hydrogen) atoms. The Morgan fingerprint density at radius 3 is 2.20 bits per heavy atom. The van der Waals surface area contributed by atoms with Crippen molar-refractivity contribution in [1.82, 2.24) is 4.98 Å². The molecule has 0 radical (unpaired) electrons. The van der Waals surface area contributed by atoms with Gasteiger partial charge in [0.15, 0.2) is 0 Å². The van der Waals surface area contributed by atoms with E-state index in [0.29, 0.717) is 11.0 Å². The number of amides is 1. The third-order valence-corrected chi connectivity index (χ3v) is 3.77. The second kappa shape index (κ2) is 8.93. The van der Waals surface area contributed by atoms with Gasteiger partial charge in [0.05, 0.1) is 5.92 Å². The highest BCUT2D eigenvalue weighted by molar-refractivity contribution is 6.58. The molecule has 0 aliphatic heterocycles. The van der Waals surface area contributed by atoms with Crippen molar-refractivity contribution in [3.05, 3.63) is 72.6 Å². The van der Waals surface area contributed by atoms with E-state index in [1.165, 1.54) is 22.9 Å². The van der Waals surface area contributed by atoms with Crippen molar-refractivity contribution >= 4 is 29.3 Å². The molecule has 1 atom stereocenters. The molecule has 7 heteroatoms. The zero-order valence-corrected chi connectivity index (χ0v) is 13.6. The maximum absolute atomic E-state index is 11.0. The van der Waals surface area contributed by atoms with Gasteiger partial charge >= 0.3 is 7.12 Å². The van der Waals surface area contributed by atoms with Gasteiger partial charge in [-0.3, -0.25) is 9.78 Å².